The molecule has 5 heterocycles. The van der Waals surface area contributed by atoms with E-state index in [9.17, 15) is 0 Å². The van der Waals surface area contributed by atoms with Gasteiger partial charge >= 0.3 is 0 Å². The molecule has 5 rings (SSSR count). The quantitative estimate of drug-likeness (QED) is 0.577. The molecule has 1 N–H and O–H groups in total. The van der Waals surface area contributed by atoms with Crippen molar-refractivity contribution in [3.05, 3.63) is 53.6 Å². The summed E-state index contributed by atoms with van der Waals surface area (Å²) >= 11 is 7.24. The van der Waals surface area contributed by atoms with Crippen LogP contribution in [0.15, 0.2) is 47.4 Å². The molecule has 0 aliphatic carbocycles. The number of fused-ring (bicyclic) bond motifs is 1. The lowest BCUT2D eigenvalue weighted by Crippen LogP contribution is -2.58. The Labute approximate surface area is 190 Å². The van der Waals surface area contributed by atoms with E-state index in [-0.39, 0.29) is 17.6 Å². The molecule has 4 aliphatic rings. The van der Waals surface area contributed by atoms with Gasteiger partial charge in [-0.2, -0.15) is 0 Å². The molecule has 0 saturated carbocycles. The summed E-state index contributed by atoms with van der Waals surface area (Å²) in [6, 6.07) is 4.61. The maximum absolute atomic E-state index is 7.24. The fraction of sp³-hybridized carbons (Fsp3) is 0.583. The summed E-state index contributed by atoms with van der Waals surface area (Å²) in [6.45, 7) is 8.54. The number of hydrogen-bond donors (Lipinski definition) is 1. The summed E-state index contributed by atoms with van der Waals surface area (Å²) in [7, 11) is 2.19. The lowest BCUT2D eigenvalue weighted by molar-refractivity contribution is 0.143. The first-order valence-corrected chi connectivity index (χ1v) is 11.9. The Balaban J connectivity index is 1.38. The van der Waals surface area contributed by atoms with Gasteiger partial charge < -0.3 is 15.1 Å². The van der Waals surface area contributed by atoms with Crippen molar-refractivity contribution in [2.75, 3.05) is 33.2 Å². The molecule has 0 amide bonds. The van der Waals surface area contributed by atoms with Crippen molar-refractivity contribution in [2.45, 2.75) is 56.2 Å². The van der Waals surface area contributed by atoms with Crippen molar-refractivity contribution < 1.29 is 0 Å². The molecule has 1 unspecified atom stereocenters. The summed E-state index contributed by atoms with van der Waals surface area (Å²) < 4.78 is 0. The van der Waals surface area contributed by atoms with Crippen LogP contribution in [0.25, 0.3) is 0 Å². The van der Waals surface area contributed by atoms with E-state index in [0.29, 0.717) is 0 Å². The van der Waals surface area contributed by atoms with Crippen molar-refractivity contribution in [1.29, 1.82) is 0 Å². The SMILES string of the molecule is Cc1cccnc1[C@@H]1CCC[C@H]([C@]2(C)N=C3C=CC=C(N4CCN(C)CC4)N3C2Cl)N1. The zero-order valence-electron chi connectivity index (χ0n) is 18.8. The van der Waals surface area contributed by atoms with E-state index >= 15 is 0 Å². The van der Waals surface area contributed by atoms with Crippen LogP contribution in [0.2, 0.25) is 0 Å². The normalized spacial score (nSPS) is 33.9. The third-order valence-corrected chi connectivity index (χ3v) is 7.99. The fourth-order valence-corrected chi connectivity index (χ4v) is 5.80. The van der Waals surface area contributed by atoms with E-state index < -0.39 is 5.54 Å². The van der Waals surface area contributed by atoms with Crippen molar-refractivity contribution in [3.63, 3.8) is 0 Å². The van der Waals surface area contributed by atoms with Crippen LogP contribution in [0, 0.1) is 6.92 Å². The van der Waals surface area contributed by atoms with Crippen LogP contribution < -0.4 is 5.32 Å². The maximum atomic E-state index is 7.24. The van der Waals surface area contributed by atoms with Gasteiger partial charge in [-0.25, -0.2) is 0 Å². The van der Waals surface area contributed by atoms with Gasteiger partial charge in [0.05, 0.1) is 11.7 Å². The minimum Gasteiger partial charge on any atom is -0.355 e. The molecule has 0 aromatic carbocycles. The van der Waals surface area contributed by atoms with Crippen molar-refractivity contribution >= 4 is 17.4 Å². The number of amidine groups is 1. The number of nitrogens with zero attached hydrogens (tertiary/aromatic N) is 5. The Morgan fingerprint density at radius 3 is 2.77 bits per heavy atom. The molecular formula is C24H33ClN6. The zero-order chi connectivity index (χ0) is 21.6. The molecule has 4 atom stereocenters. The number of aliphatic imine (C=N–C) groups is 1. The largest absolute Gasteiger partial charge is 0.355 e. The van der Waals surface area contributed by atoms with Crippen LogP contribution in [0.3, 0.4) is 0 Å². The number of aromatic nitrogens is 1. The molecule has 31 heavy (non-hydrogen) atoms. The highest BCUT2D eigenvalue weighted by Crippen LogP contribution is 2.42. The summed E-state index contributed by atoms with van der Waals surface area (Å²) in [5.74, 6) is 2.17. The second kappa shape index (κ2) is 8.23. The number of piperazine rings is 1. The molecule has 4 aliphatic heterocycles. The van der Waals surface area contributed by atoms with E-state index in [1.807, 2.05) is 12.3 Å². The molecule has 1 aromatic heterocycles. The van der Waals surface area contributed by atoms with Gasteiger partial charge in [-0.05, 0) is 63.9 Å². The minimum absolute atomic E-state index is 0.204. The van der Waals surface area contributed by atoms with Gasteiger partial charge in [0.25, 0.3) is 0 Å². The molecular weight excluding hydrogens is 408 g/mol. The fourth-order valence-electron chi connectivity index (χ4n) is 5.40. The van der Waals surface area contributed by atoms with Gasteiger partial charge in [-0.3, -0.25) is 14.9 Å². The van der Waals surface area contributed by atoms with Crippen LogP contribution in [0.5, 0.6) is 0 Å². The highest BCUT2D eigenvalue weighted by Gasteiger charge is 2.52. The van der Waals surface area contributed by atoms with Gasteiger partial charge in [0.15, 0.2) is 0 Å². The predicted molar refractivity (Wildman–Crippen MR) is 126 cm³/mol. The summed E-state index contributed by atoms with van der Waals surface area (Å²) in [5.41, 5.74) is 1.77. The first kappa shape index (κ1) is 21.0. The van der Waals surface area contributed by atoms with E-state index in [2.05, 4.69) is 70.2 Å². The first-order chi connectivity index (χ1) is 15.0. The standard InChI is InChI=1S/C24H33ClN6/c1-17-7-6-12-26-22(17)18-8-4-9-19(27-18)24(2)23(25)31-20(28-24)10-5-11-21(31)30-15-13-29(3)14-16-30/h5-7,10-12,18-19,23,27H,4,8-9,13-16H2,1-3H3/t18-,19+,23?,24-/m0/s1. The topological polar surface area (TPSA) is 47.0 Å². The average Bonchev–Trinajstić information content (AvgIpc) is 3.06. The number of aryl methyl sites for hydroxylation is 1. The Hall–Kier alpha value is -1.89. The number of nitrogens with one attached hydrogen (secondary N) is 1. The minimum atomic E-state index is -0.404. The second-order valence-electron chi connectivity index (χ2n) is 9.48. The Bertz CT molecular complexity index is 918. The number of pyridine rings is 1. The van der Waals surface area contributed by atoms with Crippen LogP contribution in [0.1, 0.15) is 43.5 Å². The van der Waals surface area contributed by atoms with E-state index in [1.54, 1.807) is 0 Å². The van der Waals surface area contributed by atoms with Crippen LogP contribution in [-0.4, -0.2) is 75.8 Å². The van der Waals surface area contributed by atoms with Gasteiger partial charge in [0, 0.05) is 38.4 Å². The second-order valence-corrected chi connectivity index (χ2v) is 9.90. The number of allylic oxidation sites excluding steroid dienone is 2. The van der Waals surface area contributed by atoms with Crippen molar-refractivity contribution in [2.24, 2.45) is 4.99 Å². The average molecular weight is 441 g/mol. The number of rotatable bonds is 3. The molecule has 7 heteroatoms. The molecule has 2 fully saturated rings. The molecule has 0 bridgehead atoms. The van der Waals surface area contributed by atoms with E-state index in [4.69, 9.17) is 16.6 Å². The monoisotopic (exact) mass is 440 g/mol. The number of halogens is 1. The number of piperidine rings is 1. The Morgan fingerprint density at radius 1 is 1.19 bits per heavy atom. The van der Waals surface area contributed by atoms with Crippen LogP contribution >= 0.6 is 11.6 Å². The maximum Gasteiger partial charge on any atom is 0.138 e. The zero-order valence-corrected chi connectivity index (χ0v) is 19.5. The summed E-state index contributed by atoms with van der Waals surface area (Å²) in [6.07, 6.45) is 11.6. The number of hydrogen-bond acceptors (Lipinski definition) is 6. The predicted octanol–water partition coefficient (Wildman–Crippen LogP) is 3.27. The summed E-state index contributed by atoms with van der Waals surface area (Å²) in [4.78, 5) is 17.0. The molecule has 1 aromatic rings. The first-order valence-electron chi connectivity index (χ1n) is 11.5. The molecule has 2 saturated heterocycles. The van der Waals surface area contributed by atoms with Crippen LogP contribution in [-0.2, 0) is 0 Å². The van der Waals surface area contributed by atoms with Gasteiger partial charge in [0.1, 0.15) is 22.7 Å². The van der Waals surface area contributed by atoms with Crippen molar-refractivity contribution in [3.8, 4) is 0 Å². The molecule has 6 nitrogen and oxygen atoms in total. The van der Waals surface area contributed by atoms with Gasteiger partial charge in [-0.15, -0.1) is 0 Å². The molecule has 0 spiro atoms. The number of alkyl halides is 1. The Morgan fingerprint density at radius 2 is 2.00 bits per heavy atom. The molecule has 0 radical (unpaired) electrons. The third-order valence-electron chi connectivity index (χ3n) is 7.35. The van der Waals surface area contributed by atoms with E-state index in [0.717, 1.165) is 57.0 Å². The molecule has 166 valence electrons. The van der Waals surface area contributed by atoms with E-state index in [1.165, 1.54) is 11.4 Å². The highest BCUT2D eigenvalue weighted by atomic mass is 35.5. The number of likely N-dealkylation sites (N-methyl/N-ethyl adjacent to an activating group) is 1. The Kier molecular flexibility index (Phi) is 5.57. The van der Waals surface area contributed by atoms with Crippen LogP contribution in [0.4, 0.5) is 0 Å². The lowest BCUT2D eigenvalue weighted by Gasteiger charge is -2.44. The lowest BCUT2D eigenvalue weighted by atomic mass is 9.83. The smallest absolute Gasteiger partial charge is 0.138 e. The van der Waals surface area contributed by atoms with Gasteiger partial charge in [0.2, 0.25) is 0 Å². The van der Waals surface area contributed by atoms with Gasteiger partial charge in [-0.1, -0.05) is 23.7 Å². The van der Waals surface area contributed by atoms with Crippen molar-refractivity contribution in [1.82, 2.24) is 25.0 Å². The third kappa shape index (κ3) is 3.69. The highest BCUT2D eigenvalue weighted by molar-refractivity contribution is 6.24. The summed E-state index contributed by atoms with van der Waals surface area (Å²) in [5, 5.41) is 3.89.